The molecule has 0 spiro atoms. The molecular formula is C13H27NO2. The molecule has 1 rings (SSSR count). The van der Waals surface area contributed by atoms with Gasteiger partial charge in [-0.2, -0.15) is 0 Å². The Morgan fingerprint density at radius 3 is 2.31 bits per heavy atom. The minimum Gasteiger partial charge on any atom is -0.395 e. The van der Waals surface area contributed by atoms with Crippen molar-refractivity contribution < 1.29 is 9.84 Å². The predicted molar refractivity (Wildman–Crippen MR) is 66.6 cm³/mol. The Labute approximate surface area is 99.8 Å². The molecule has 0 saturated heterocycles. The summed E-state index contributed by atoms with van der Waals surface area (Å²) in [5.41, 5.74) is -0.0550. The summed E-state index contributed by atoms with van der Waals surface area (Å²) >= 11 is 0. The van der Waals surface area contributed by atoms with Gasteiger partial charge in [0.1, 0.15) is 0 Å². The van der Waals surface area contributed by atoms with Crippen molar-refractivity contribution in [3.05, 3.63) is 0 Å². The molecule has 3 nitrogen and oxygen atoms in total. The van der Waals surface area contributed by atoms with E-state index in [-0.39, 0.29) is 12.2 Å². The lowest BCUT2D eigenvalue weighted by Crippen LogP contribution is -2.39. The Balaban J connectivity index is 2.27. The van der Waals surface area contributed by atoms with Gasteiger partial charge in [-0.1, -0.05) is 12.8 Å². The Bertz CT molecular complexity index is 183. The monoisotopic (exact) mass is 229 g/mol. The fourth-order valence-electron chi connectivity index (χ4n) is 2.34. The van der Waals surface area contributed by atoms with Gasteiger partial charge in [-0.05, 0) is 33.6 Å². The van der Waals surface area contributed by atoms with Crippen molar-refractivity contribution >= 4 is 0 Å². The van der Waals surface area contributed by atoms with E-state index in [0.29, 0.717) is 6.04 Å². The standard InChI is InChI=1S/C13H27NO2/c1-13(2,3)16-11-9-14(8-10-15)12-6-4-5-7-12/h12,15H,4-11H2,1-3H3. The SMILES string of the molecule is CC(C)(C)OCCN(CCO)C1CCCC1. The first-order chi connectivity index (χ1) is 7.53. The molecule has 3 heteroatoms. The van der Waals surface area contributed by atoms with Gasteiger partial charge in [0.25, 0.3) is 0 Å². The summed E-state index contributed by atoms with van der Waals surface area (Å²) in [7, 11) is 0. The lowest BCUT2D eigenvalue weighted by atomic mass is 10.2. The highest BCUT2D eigenvalue weighted by atomic mass is 16.5. The number of hydrogen-bond donors (Lipinski definition) is 1. The highest BCUT2D eigenvalue weighted by Gasteiger charge is 2.22. The molecule has 1 N–H and O–H groups in total. The van der Waals surface area contributed by atoms with Gasteiger partial charge in [-0.15, -0.1) is 0 Å². The molecule has 0 aliphatic heterocycles. The van der Waals surface area contributed by atoms with Gasteiger partial charge in [-0.25, -0.2) is 0 Å². The molecule has 1 aliphatic rings. The van der Waals surface area contributed by atoms with Gasteiger partial charge in [0, 0.05) is 19.1 Å². The Morgan fingerprint density at radius 1 is 1.19 bits per heavy atom. The van der Waals surface area contributed by atoms with Crippen LogP contribution in [0.1, 0.15) is 46.5 Å². The van der Waals surface area contributed by atoms with E-state index in [4.69, 9.17) is 9.84 Å². The fraction of sp³-hybridized carbons (Fsp3) is 1.00. The number of hydrogen-bond acceptors (Lipinski definition) is 3. The van der Waals surface area contributed by atoms with Gasteiger partial charge in [-0.3, -0.25) is 4.90 Å². The van der Waals surface area contributed by atoms with Crippen molar-refractivity contribution in [3.8, 4) is 0 Å². The van der Waals surface area contributed by atoms with Gasteiger partial charge in [0.2, 0.25) is 0 Å². The first kappa shape index (κ1) is 13.9. The summed E-state index contributed by atoms with van der Waals surface area (Å²) in [4.78, 5) is 2.39. The summed E-state index contributed by atoms with van der Waals surface area (Å²) in [6.45, 7) is 9.00. The molecule has 0 unspecified atom stereocenters. The summed E-state index contributed by atoms with van der Waals surface area (Å²) in [6.07, 6.45) is 5.25. The fourth-order valence-corrected chi connectivity index (χ4v) is 2.34. The van der Waals surface area contributed by atoms with Crippen LogP contribution >= 0.6 is 0 Å². The minimum atomic E-state index is -0.0550. The predicted octanol–water partition coefficient (Wildman–Crippen LogP) is 2.04. The molecule has 0 radical (unpaired) electrons. The number of aliphatic hydroxyl groups is 1. The first-order valence-corrected chi connectivity index (χ1v) is 6.52. The van der Waals surface area contributed by atoms with Crippen molar-refractivity contribution in [2.45, 2.75) is 58.1 Å². The number of aliphatic hydroxyl groups excluding tert-OH is 1. The summed E-state index contributed by atoms with van der Waals surface area (Å²) in [5.74, 6) is 0. The highest BCUT2D eigenvalue weighted by molar-refractivity contribution is 4.77. The van der Waals surface area contributed by atoms with Crippen LogP contribution in [0.2, 0.25) is 0 Å². The average Bonchev–Trinajstić information content (AvgIpc) is 2.67. The number of ether oxygens (including phenoxy) is 1. The third-order valence-electron chi connectivity index (χ3n) is 3.14. The molecule has 0 amide bonds. The van der Waals surface area contributed by atoms with Crippen molar-refractivity contribution in [3.63, 3.8) is 0 Å². The van der Waals surface area contributed by atoms with Gasteiger partial charge < -0.3 is 9.84 Å². The van der Waals surface area contributed by atoms with Crippen molar-refractivity contribution in [2.75, 3.05) is 26.3 Å². The Kier molecular flexibility index (Phi) is 5.73. The van der Waals surface area contributed by atoms with Crippen molar-refractivity contribution in [2.24, 2.45) is 0 Å². The largest absolute Gasteiger partial charge is 0.395 e. The smallest absolute Gasteiger partial charge is 0.0600 e. The maximum atomic E-state index is 9.07. The van der Waals surface area contributed by atoms with E-state index in [1.165, 1.54) is 25.7 Å². The second-order valence-corrected chi connectivity index (χ2v) is 5.66. The van der Waals surface area contributed by atoms with Gasteiger partial charge >= 0.3 is 0 Å². The van der Waals surface area contributed by atoms with Crippen LogP contribution in [0.15, 0.2) is 0 Å². The van der Waals surface area contributed by atoms with E-state index < -0.39 is 0 Å². The van der Waals surface area contributed by atoms with E-state index in [9.17, 15) is 0 Å². The first-order valence-electron chi connectivity index (χ1n) is 6.52. The van der Waals surface area contributed by atoms with Crippen LogP contribution in [0.25, 0.3) is 0 Å². The molecule has 0 aromatic heterocycles. The molecule has 0 bridgehead atoms. The van der Waals surface area contributed by atoms with Gasteiger partial charge in [0.05, 0.1) is 18.8 Å². The zero-order valence-electron chi connectivity index (χ0n) is 11.0. The second kappa shape index (κ2) is 6.58. The van der Waals surface area contributed by atoms with Crippen molar-refractivity contribution in [1.29, 1.82) is 0 Å². The molecule has 16 heavy (non-hydrogen) atoms. The molecular weight excluding hydrogens is 202 g/mol. The Morgan fingerprint density at radius 2 is 1.81 bits per heavy atom. The van der Waals surface area contributed by atoms with E-state index in [1.807, 2.05) is 0 Å². The van der Waals surface area contributed by atoms with Crippen LogP contribution in [0, 0.1) is 0 Å². The van der Waals surface area contributed by atoms with Crippen LogP contribution in [-0.4, -0.2) is 48.0 Å². The topological polar surface area (TPSA) is 32.7 Å². The summed E-state index contributed by atoms with van der Waals surface area (Å²) in [6, 6.07) is 0.677. The van der Waals surface area contributed by atoms with Crippen LogP contribution in [0.3, 0.4) is 0 Å². The van der Waals surface area contributed by atoms with Crippen molar-refractivity contribution in [1.82, 2.24) is 4.90 Å². The maximum absolute atomic E-state index is 9.07. The molecule has 0 heterocycles. The van der Waals surface area contributed by atoms with Crippen LogP contribution in [0.4, 0.5) is 0 Å². The number of rotatable bonds is 6. The quantitative estimate of drug-likeness (QED) is 0.756. The minimum absolute atomic E-state index is 0.0550. The maximum Gasteiger partial charge on any atom is 0.0600 e. The third-order valence-corrected chi connectivity index (χ3v) is 3.14. The lowest BCUT2D eigenvalue weighted by Gasteiger charge is -2.29. The van der Waals surface area contributed by atoms with Crippen LogP contribution < -0.4 is 0 Å². The summed E-state index contributed by atoms with van der Waals surface area (Å²) in [5, 5.41) is 9.07. The van der Waals surface area contributed by atoms with Crippen LogP contribution in [-0.2, 0) is 4.74 Å². The van der Waals surface area contributed by atoms with E-state index in [2.05, 4.69) is 25.7 Å². The normalized spacial score (nSPS) is 18.6. The van der Waals surface area contributed by atoms with E-state index >= 15 is 0 Å². The number of nitrogens with zero attached hydrogens (tertiary/aromatic N) is 1. The molecule has 0 atom stereocenters. The lowest BCUT2D eigenvalue weighted by molar-refractivity contribution is -0.0190. The average molecular weight is 229 g/mol. The van der Waals surface area contributed by atoms with E-state index in [1.54, 1.807) is 0 Å². The molecule has 96 valence electrons. The second-order valence-electron chi connectivity index (χ2n) is 5.66. The molecule has 1 saturated carbocycles. The molecule has 0 aromatic rings. The van der Waals surface area contributed by atoms with E-state index in [0.717, 1.165) is 19.7 Å². The highest BCUT2D eigenvalue weighted by Crippen LogP contribution is 2.23. The van der Waals surface area contributed by atoms with Gasteiger partial charge in [0.15, 0.2) is 0 Å². The molecule has 0 aromatic carbocycles. The Hall–Kier alpha value is -0.120. The molecule has 1 aliphatic carbocycles. The molecule has 1 fully saturated rings. The zero-order valence-corrected chi connectivity index (χ0v) is 11.0. The third kappa shape index (κ3) is 5.28. The summed E-state index contributed by atoms with van der Waals surface area (Å²) < 4.78 is 5.74. The van der Waals surface area contributed by atoms with Crippen LogP contribution in [0.5, 0.6) is 0 Å². The zero-order chi connectivity index (χ0) is 12.0.